The highest BCUT2D eigenvalue weighted by atomic mass is 19.2. The molecule has 2 N–H and O–H groups in total. The second-order valence-electron chi connectivity index (χ2n) is 6.65. The van der Waals surface area contributed by atoms with Crippen LogP contribution >= 0.6 is 0 Å². The van der Waals surface area contributed by atoms with Crippen LogP contribution in [0.3, 0.4) is 0 Å². The standard InChI is InChI=1S/C22H13F4N3O3/c23-13-9-14(24)19(26)20(18(13)25)29-17(30)10-32-22(31)12-6-7-15-16(8-12)28-21(27-15)11-4-2-1-3-5-11/h1-9H,10H2,(H,27,28)(H,29,30). The number of H-pyrrole nitrogens is 1. The zero-order valence-electron chi connectivity index (χ0n) is 16.1. The molecule has 0 unspecified atom stereocenters. The number of benzene rings is 3. The Morgan fingerprint density at radius 2 is 1.62 bits per heavy atom. The van der Waals surface area contributed by atoms with Crippen LogP contribution in [0.1, 0.15) is 10.4 Å². The maximum atomic E-state index is 13.6. The number of esters is 1. The molecule has 6 nitrogen and oxygen atoms in total. The Balaban J connectivity index is 1.45. The predicted octanol–water partition coefficient (Wildman–Crippen LogP) is 4.58. The molecule has 1 heterocycles. The molecule has 0 aliphatic heterocycles. The van der Waals surface area contributed by atoms with E-state index in [4.69, 9.17) is 4.74 Å². The SMILES string of the molecule is O=C(COC(=O)c1ccc2nc(-c3ccccc3)[nH]c2c1)Nc1c(F)c(F)cc(F)c1F. The van der Waals surface area contributed by atoms with Crippen LogP contribution in [0, 0.1) is 23.3 Å². The number of aromatic amines is 1. The predicted molar refractivity (Wildman–Crippen MR) is 107 cm³/mol. The molecule has 4 rings (SSSR count). The number of carbonyl (C=O) groups is 2. The van der Waals surface area contributed by atoms with Gasteiger partial charge in [-0.15, -0.1) is 0 Å². The summed E-state index contributed by atoms with van der Waals surface area (Å²) in [6.45, 7) is -0.938. The largest absolute Gasteiger partial charge is 0.452 e. The number of rotatable bonds is 5. The molecule has 0 atom stereocenters. The smallest absolute Gasteiger partial charge is 0.338 e. The summed E-state index contributed by atoms with van der Waals surface area (Å²) in [4.78, 5) is 31.6. The number of hydrogen-bond acceptors (Lipinski definition) is 4. The van der Waals surface area contributed by atoms with Crippen LogP contribution < -0.4 is 5.32 Å². The van der Waals surface area contributed by atoms with Crippen molar-refractivity contribution >= 4 is 28.6 Å². The molecule has 0 aliphatic rings. The molecule has 4 aromatic rings. The van der Waals surface area contributed by atoms with Gasteiger partial charge in [-0.1, -0.05) is 30.3 Å². The number of halogens is 4. The van der Waals surface area contributed by atoms with E-state index in [2.05, 4.69) is 9.97 Å². The molecule has 0 aliphatic carbocycles. The lowest BCUT2D eigenvalue weighted by atomic mass is 10.2. The second kappa shape index (κ2) is 8.50. The van der Waals surface area contributed by atoms with Crippen molar-refractivity contribution < 1.29 is 31.9 Å². The summed E-state index contributed by atoms with van der Waals surface area (Å²) < 4.78 is 58.5. The van der Waals surface area contributed by atoms with Crippen molar-refractivity contribution in [2.45, 2.75) is 0 Å². The number of amides is 1. The van der Waals surface area contributed by atoms with E-state index in [0.717, 1.165) is 5.56 Å². The van der Waals surface area contributed by atoms with E-state index in [1.54, 1.807) is 11.4 Å². The first-order valence-electron chi connectivity index (χ1n) is 9.18. The normalized spacial score (nSPS) is 10.9. The van der Waals surface area contributed by atoms with Gasteiger partial charge in [-0.05, 0) is 18.2 Å². The molecular weight excluding hydrogens is 430 g/mol. The molecule has 0 radical (unpaired) electrons. The van der Waals surface area contributed by atoms with Gasteiger partial charge in [0.2, 0.25) is 0 Å². The highest BCUT2D eigenvalue weighted by Crippen LogP contribution is 2.24. The summed E-state index contributed by atoms with van der Waals surface area (Å²) in [5.74, 6) is -8.40. The van der Waals surface area contributed by atoms with Gasteiger partial charge >= 0.3 is 5.97 Å². The van der Waals surface area contributed by atoms with Gasteiger partial charge in [0.25, 0.3) is 5.91 Å². The van der Waals surface area contributed by atoms with Crippen LogP contribution in [0.5, 0.6) is 0 Å². The Bertz CT molecular complexity index is 1310. The summed E-state index contributed by atoms with van der Waals surface area (Å²) in [7, 11) is 0. The van der Waals surface area contributed by atoms with E-state index in [-0.39, 0.29) is 11.6 Å². The average Bonchev–Trinajstić information content (AvgIpc) is 3.23. The first-order chi connectivity index (χ1) is 15.3. The zero-order valence-corrected chi connectivity index (χ0v) is 16.1. The van der Waals surface area contributed by atoms with Gasteiger partial charge in [0, 0.05) is 11.6 Å². The van der Waals surface area contributed by atoms with Gasteiger partial charge < -0.3 is 15.0 Å². The summed E-state index contributed by atoms with van der Waals surface area (Å²) in [6, 6.07) is 13.8. The van der Waals surface area contributed by atoms with Gasteiger partial charge in [0.15, 0.2) is 29.9 Å². The molecule has 162 valence electrons. The lowest BCUT2D eigenvalue weighted by Gasteiger charge is -2.09. The molecule has 1 amide bonds. The molecule has 3 aromatic carbocycles. The molecule has 0 spiro atoms. The Hall–Kier alpha value is -4.21. The Morgan fingerprint density at radius 3 is 2.31 bits per heavy atom. The lowest BCUT2D eigenvalue weighted by Crippen LogP contribution is -2.22. The lowest BCUT2D eigenvalue weighted by molar-refractivity contribution is -0.119. The Labute approximate surface area is 177 Å². The molecular formula is C22H13F4N3O3. The summed E-state index contributed by atoms with van der Waals surface area (Å²) in [5, 5.41) is 1.66. The minimum Gasteiger partial charge on any atom is -0.452 e. The molecule has 0 bridgehead atoms. The van der Waals surface area contributed by atoms with Gasteiger partial charge in [-0.2, -0.15) is 0 Å². The van der Waals surface area contributed by atoms with Crippen LogP contribution in [-0.4, -0.2) is 28.5 Å². The number of fused-ring (bicyclic) bond motifs is 1. The highest BCUT2D eigenvalue weighted by Gasteiger charge is 2.21. The molecule has 0 fully saturated rings. The fourth-order valence-corrected chi connectivity index (χ4v) is 2.94. The Morgan fingerprint density at radius 1 is 0.938 bits per heavy atom. The number of anilines is 1. The van der Waals surface area contributed by atoms with E-state index in [1.807, 2.05) is 30.3 Å². The third kappa shape index (κ3) is 4.15. The van der Waals surface area contributed by atoms with Crippen molar-refractivity contribution in [1.29, 1.82) is 0 Å². The van der Waals surface area contributed by atoms with E-state index < -0.39 is 47.4 Å². The number of hydrogen-bond donors (Lipinski definition) is 2. The monoisotopic (exact) mass is 443 g/mol. The third-order valence-electron chi connectivity index (χ3n) is 4.48. The van der Waals surface area contributed by atoms with Crippen LogP contribution in [0.4, 0.5) is 23.2 Å². The van der Waals surface area contributed by atoms with Crippen LogP contribution in [0.25, 0.3) is 22.4 Å². The molecule has 1 aromatic heterocycles. The summed E-state index contributed by atoms with van der Waals surface area (Å²) >= 11 is 0. The summed E-state index contributed by atoms with van der Waals surface area (Å²) in [6.07, 6.45) is 0. The molecule has 10 heteroatoms. The van der Waals surface area contributed by atoms with Crippen molar-refractivity contribution in [1.82, 2.24) is 9.97 Å². The van der Waals surface area contributed by atoms with Gasteiger partial charge in [0.05, 0.1) is 16.6 Å². The third-order valence-corrected chi connectivity index (χ3v) is 4.48. The number of nitrogens with one attached hydrogen (secondary N) is 2. The molecule has 32 heavy (non-hydrogen) atoms. The van der Waals surface area contributed by atoms with E-state index in [0.29, 0.717) is 16.9 Å². The van der Waals surface area contributed by atoms with E-state index >= 15 is 0 Å². The maximum Gasteiger partial charge on any atom is 0.338 e. The second-order valence-corrected chi connectivity index (χ2v) is 6.65. The number of carbonyl (C=O) groups excluding carboxylic acids is 2. The number of ether oxygens (including phenoxy) is 1. The van der Waals surface area contributed by atoms with Crippen molar-refractivity contribution in [2.75, 3.05) is 11.9 Å². The van der Waals surface area contributed by atoms with Crippen molar-refractivity contribution in [3.05, 3.63) is 83.4 Å². The minimum absolute atomic E-state index is 0.00908. The molecule has 0 saturated carbocycles. The summed E-state index contributed by atoms with van der Waals surface area (Å²) in [5.41, 5.74) is 0.760. The first kappa shape index (κ1) is 21.0. The van der Waals surface area contributed by atoms with Crippen molar-refractivity contribution in [3.8, 4) is 11.4 Å². The van der Waals surface area contributed by atoms with E-state index in [1.165, 1.54) is 12.1 Å². The fourth-order valence-electron chi connectivity index (χ4n) is 2.94. The average molecular weight is 443 g/mol. The first-order valence-corrected chi connectivity index (χ1v) is 9.18. The van der Waals surface area contributed by atoms with Crippen LogP contribution in [0.2, 0.25) is 0 Å². The number of nitrogens with zero attached hydrogens (tertiary/aromatic N) is 1. The quantitative estimate of drug-likeness (QED) is 0.269. The van der Waals surface area contributed by atoms with Gasteiger partial charge in [0.1, 0.15) is 11.5 Å². The van der Waals surface area contributed by atoms with Crippen molar-refractivity contribution in [3.63, 3.8) is 0 Å². The topological polar surface area (TPSA) is 84.1 Å². The Kier molecular flexibility index (Phi) is 5.59. The molecule has 0 saturated heterocycles. The van der Waals surface area contributed by atoms with Gasteiger partial charge in [-0.3, -0.25) is 4.79 Å². The highest BCUT2D eigenvalue weighted by molar-refractivity contribution is 5.97. The van der Waals surface area contributed by atoms with Gasteiger partial charge in [-0.25, -0.2) is 27.3 Å². The van der Waals surface area contributed by atoms with Crippen LogP contribution in [-0.2, 0) is 9.53 Å². The zero-order chi connectivity index (χ0) is 22.8. The number of imidazole rings is 1. The van der Waals surface area contributed by atoms with Crippen molar-refractivity contribution in [2.24, 2.45) is 0 Å². The fraction of sp³-hybridized carbons (Fsp3) is 0.0455. The van der Waals surface area contributed by atoms with Crippen LogP contribution in [0.15, 0.2) is 54.6 Å². The minimum atomic E-state index is -1.78. The maximum absolute atomic E-state index is 13.6. The van der Waals surface area contributed by atoms with E-state index in [9.17, 15) is 27.2 Å². The number of aromatic nitrogens is 2.